The van der Waals surface area contributed by atoms with E-state index in [4.69, 9.17) is 20.3 Å². The first kappa shape index (κ1) is 12.1. The molecule has 1 fully saturated rings. The number of aliphatic hydroxyl groups is 3. The Kier molecular flexibility index (Phi) is 3.49. The van der Waals surface area contributed by atoms with Crippen molar-refractivity contribution in [3.63, 3.8) is 0 Å². The molecule has 0 radical (unpaired) electrons. The van der Waals surface area contributed by atoms with Crippen molar-refractivity contribution in [1.82, 2.24) is 0 Å². The highest BCUT2D eigenvalue weighted by atomic mass is 16.7. The van der Waals surface area contributed by atoms with Crippen LogP contribution in [0.5, 0.6) is 5.75 Å². The van der Waals surface area contributed by atoms with Crippen LogP contribution in [0.25, 0.3) is 0 Å². The second-order valence-corrected chi connectivity index (χ2v) is 3.90. The van der Waals surface area contributed by atoms with Gasteiger partial charge in [0, 0.05) is 11.8 Å². The predicted molar refractivity (Wildman–Crippen MR) is 59.2 cm³/mol. The van der Waals surface area contributed by atoms with Crippen LogP contribution < -0.4 is 10.5 Å². The van der Waals surface area contributed by atoms with Crippen LogP contribution in [-0.4, -0.2) is 46.5 Å². The second kappa shape index (κ2) is 4.89. The summed E-state index contributed by atoms with van der Waals surface area (Å²) in [6, 6.07) is 6.63. The first-order valence-corrected chi connectivity index (χ1v) is 5.26. The highest BCUT2D eigenvalue weighted by Crippen LogP contribution is 2.25. The Labute approximate surface area is 98.2 Å². The van der Waals surface area contributed by atoms with Crippen LogP contribution in [0.4, 0.5) is 5.69 Å². The van der Waals surface area contributed by atoms with Gasteiger partial charge in [-0.1, -0.05) is 6.07 Å². The topological polar surface area (TPSA) is 105 Å². The molecule has 17 heavy (non-hydrogen) atoms. The third-order valence-electron chi connectivity index (χ3n) is 2.61. The van der Waals surface area contributed by atoms with Gasteiger partial charge in [0.05, 0.1) is 6.61 Å². The molecule has 94 valence electrons. The lowest BCUT2D eigenvalue weighted by Crippen LogP contribution is -2.35. The molecule has 6 nitrogen and oxygen atoms in total. The van der Waals surface area contributed by atoms with Crippen molar-refractivity contribution >= 4 is 5.69 Å². The molecule has 5 N–H and O–H groups in total. The summed E-state index contributed by atoms with van der Waals surface area (Å²) in [4.78, 5) is 0. The Bertz CT molecular complexity index is 386. The number of hydrogen-bond donors (Lipinski definition) is 4. The molecule has 0 aromatic heterocycles. The highest BCUT2D eigenvalue weighted by Gasteiger charge is 2.43. The van der Waals surface area contributed by atoms with Gasteiger partial charge in [-0.2, -0.15) is 0 Å². The quantitative estimate of drug-likeness (QED) is 0.510. The lowest BCUT2D eigenvalue weighted by atomic mass is 10.1. The number of ether oxygens (including phenoxy) is 2. The third kappa shape index (κ3) is 2.50. The molecule has 1 aromatic rings. The zero-order valence-electron chi connectivity index (χ0n) is 9.06. The predicted octanol–water partition coefficient (Wildman–Crippen LogP) is -0.913. The van der Waals surface area contributed by atoms with Crippen molar-refractivity contribution in [2.75, 3.05) is 12.3 Å². The van der Waals surface area contributed by atoms with Crippen molar-refractivity contribution in [1.29, 1.82) is 0 Å². The van der Waals surface area contributed by atoms with Crippen molar-refractivity contribution < 1.29 is 24.8 Å². The van der Waals surface area contributed by atoms with E-state index >= 15 is 0 Å². The van der Waals surface area contributed by atoms with Gasteiger partial charge in [0.15, 0.2) is 0 Å². The van der Waals surface area contributed by atoms with Gasteiger partial charge >= 0.3 is 0 Å². The standard InChI is InChI=1S/C11H15NO5/c12-6-2-1-3-7(4-6)16-11-10(15)9(14)8(5-13)17-11/h1-4,8-11,13-15H,5,12H2/t8-,9-,10-,11-/m1/s1. The van der Waals surface area contributed by atoms with Crippen LogP contribution in [0.2, 0.25) is 0 Å². The van der Waals surface area contributed by atoms with Crippen molar-refractivity contribution in [3.05, 3.63) is 24.3 Å². The molecule has 0 saturated carbocycles. The smallest absolute Gasteiger partial charge is 0.229 e. The molecule has 0 unspecified atom stereocenters. The van der Waals surface area contributed by atoms with Gasteiger partial charge in [-0.15, -0.1) is 0 Å². The minimum Gasteiger partial charge on any atom is -0.462 e. The monoisotopic (exact) mass is 241 g/mol. The van der Waals surface area contributed by atoms with Crippen LogP contribution in [0.15, 0.2) is 24.3 Å². The molecule has 0 amide bonds. The number of rotatable bonds is 3. The average molecular weight is 241 g/mol. The molecular formula is C11H15NO5. The Balaban J connectivity index is 2.05. The molecular weight excluding hydrogens is 226 g/mol. The van der Waals surface area contributed by atoms with Crippen molar-refractivity contribution in [2.24, 2.45) is 0 Å². The molecule has 6 heteroatoms. The molecule has 1 aliphatic rings. The van der Waals surface area contributed by atoms with Gasteiger partial charge in [-0.05, 0) is 12.1 Å². The van der Waals surface area contributed by atoms with E-state index < -0.39 is 24.6 Å². The Hall–Kier alpha value is -1.34. The SMILES string of the molecule is Nc1cccc(O[C@@H]2O[C@H](CO)[C@@H](O)[C@H]2O)c1. The minimum absolute atomic E-state index is 0.380. The molecule has 1 heterocycles. The lowest BCUT2D eigenvalue weighted by molar-refractivity contribution is -0.116. The summed E-state index contributed by atoms with van der Waals surface area (Å²) in [5.74, 6) is 0.430. The summed E-state index contributed by atoms with van der Waals surface area (Å²) in [6.45, 7) is -0.380. The molecule has 0 spiro atoms. The largest absolute Gasteiger partial charge is 0.462 e. The van der Waals surface area contributed by atoms with Gasteiger partial charge in [0.2, 0.25) is 6.29 Å². The third-order valence-corrected chi connectivity index (χ3v) is 2.61. The number of nitrogens with two attached hydrogens (primary N) is 1. The fraction of sp³-hybridized carbons (Fsp3) is 0.455. The lowest BCUT2D eigenvalue weighted by Gasteiger charge is -2.16. The van der Waals surface area contributed by atoms with Gasteiger partial charge in [-0.25, -0.2) is 0 Å². The number of aliphatic hydroxyl groups excluding tert-OH is 3. The summed E-state index contributed by atoms with van der Waals surface area (Å²) in [7, 11) is 0. The van der Waals surface area contributed by atoms with Crippen LogP contribution in [0, 0.1) is 0 Å². The van der Waals surface area contributed by atoms with Gasteiger partial charge < -0.3 is 30.5 Å². The van der Waals surface area contributed by atoms with Gasteiger partial charge in [0.1, 0.15) is 24.1 Å². The minimum atomic E-state index is -1.20. The summed E-state index contributed by atoms with van der Waals surface area (Å²) in [6.07, 6.45) is -4.21. The van der Waals surface area contributed by atoms with Gasteiger partial charge in [-0.3, -0.25) is 0 Å². The summed E-state index contributed by atoms with van der Waals surface area (Å²) >= 11 is 0. The van der Waals surface area contributed by atoms with E-state index in [0.29, 0.717) is 11.4 Å². The van der Waals surface area contributed by atoms with Crippen LogP contribution in [-0.2, 0) is 4.74 Å². The normalized spacial score (nSPS) is 32.6. The maximum absolute atomic E-state index is 9.65. The number of nitrogen functional groups attached to an aromatic ring is 1. The molecule has 0 bridgehead atoms. The fourth-order valence-corrected chi connectivity index (χ4v) is 1.68. The van der Waals surface area contributed by atoms with E-state index in [9.17, 15) is 10.2 Å². The van der Waals surface area contributed by atoms with E-state index in [1.807, 2.05) is 0 Å². The Morgan fingerprint density at radius 2 is 2.06 bits per heavy atom. The first-order valence-electron chi connectivity index (χ1n) is 5.26. The maximum atomic E-state index is 9.65. The molecule has 1 aliphatic heterocycles. The van der Waals surface area contributed by atoms with E-state index in [2.05, 4.69) is 0 Å². The van der Waals surface area contributed by atoms with E-state index in [-0.39, 0.29) is 6.61 Å². The first-order chi connectivity index (χ1) is 8.11. The zero-order valence-corrected chi connectivity index (χ0v) is 9.06. The maximum Gasteiger partial charge on any atom is 0.229 e. The summed E-state index contributed by atoms with van der Waals surface area (Å²) in [5, 5.41) is 28.1. The summed E-state index contributed by atoms with van der Waals surface area (Å²) < 4.78 is 10.5. The Morgan fingerprint density at radius 1 is 1.29 bits per heavy atom. The van der Waals surface area contributed by atoms with Crippen LogP contribution in [0.3, 0.4) is 0 Å². The molecule has 4 atom stereocenters. The average Bonchev–Trinajstić information content (AvgIpc) is 2.57. The molecule has 1 aromatic carbocycles. The van der Waals surface area contributed by atoms with Gasteiger partial charge in [0.25, 0.3) is 0 Å². The highest BCUT2D eigenvalue weighted by molar-refractivity contribution is 5.43. The van der Waals surface area contributed by atoms with E-state index in [0.717, 1.165) is 0 Å². The number of anilines is 1. The van der Waals surface area contributed by atoms with Crippen LogP contribution in [0.1, 0.15) is 0 Å². The van der Waals surface area contributed by atoms with E-state index in [1.54, 1.807) is 24.3 Å². The van der Waals surface area contributed by atoms with Crippen molar-refractivity contribution in [3.8, 4) is 5.75 Å². The Morgan fingerprint density at radius 3 is 2.65 bits per heavy atom. The number of hydrogen-bond acceptors (Lipinski definition) is 6. The summed E-state index contributed by atoms with van der Waals surface area (Å²) in [5.41, 5.74) is 6.10. The fourth-order valence-electron chi connectivity index (χ4n) is 1.68. The van der Waals surface area contributed by atoms with Crippen LogP contribution >= 0.6 is 0 Å². The second-order valence-electron chi connectivity index (χ2n) is 3.90. The zero-order chi connectivity index (χ0) is 12.4. The molecule has 0 aliphatic carbocycles. The van der Waals surface area contributed by atoms with Crippen molar-refractivity contribution in [2.45, 2.75) is 24.6 Å². The molecule has 2 rings (SSSR count). The molecule has 1 saturated heterocycles. The van der Waals surface area contributed by atoms with E-state index in [1.165, 1.54) is 0 Å². The number of benzene rings is 1.